The highest BCUT2D eigenvalue weighted by Gasteiger charge is 2.54. The van der Waals surface area contributed by atoms with Gasteiger partial charge in [0.2, 0.25) is 5.91 Å². The summed E-state index contributed by atoms with van der Waals surface area (Å²) in [5.74, 6) is -0.481. The number of rotatable bonds is 4. The van der Waals surface area contributed by atoms with Crippen LogP contribution in [0.1, 0.15) is 19.8 Å². The van der Waals surface area contributed by atoms with E-state index in [0.29, 0.717) is 13.0 Å². The molecule has 14 heavy (non-hydrogen) atoms. The van der Waals surface area contributed by atoms with E-state index in [9.17, 15) is 9.59 Å². The topological polar surface area (TPSA) is 81.4 Å². The maximum absolute atomic E-state index is 11.3. The quantitative estimate of drug-likeness (QED) is 0.469. The predicted octanol–water partition coefficient (Wildman–Crippen LogP) is -0.597. The van der Waals surface area contributed by atoms with Gasteiger partial charge in [0, 0.05) is 0 Å². The minimum atomic E-state index is -0.632. The molecular formula is C9H16N2O3. The highest BCUT2D eigenvalue weighted by Crippen LogP contribution is 2.35. The second-order valence-corrected chi connectivity index (χ2v) is 3.74. The number of carbonyl (C=O) groups excluding carboxylic acids is 2. The average Bonchev–Trinajstić information content (AvgIpc) is 2.21. The summed E-state index contributed by atoms with van der Waals surface area (Å²) in [6.45, 7) is 2.29. The molecule has 3 N–H and O–H groups in total. The first-order valence-electron chi connectivity index (χ1n) is 4.65. The molecule has 0 aromatic rings. The molecule has 0 bridgehead atoms. The number of esters is 1. The molecule has 0 saturated carbocycles. The normalized spacial score (nSPS) is 30.5. The van der Waals surface area contributed by atoms with Gasteiger partial charge in [-0.25, -0.2) is 4.79 Å². The van der Waals surface area contributed by atoms with Crippen molar-refractivity contribution >= 4 is 11.9 Å². The van der Waals surface area contributed by atoms with E-state index >= 15 is 0 Å². The van der Waals surface area contributed by atoms with Crippen LogP contribution in [0.15, 0.2) is 0 Å². The van der Waals surface area contributed by atoms with E-state index in [0.717, 1.165) is 6.42 Å². The van der Waals surface area contributed by atoms with Gasteiger partial charge in [-0.05, 0) is 26.3 Å². The Bertz CT molecular complexity index is 254. The first-order valence-corrected chi connectivity index (χ1v) is 4.65. The van der Waals surface area contributed by atoms with Crippen LogP contribution >= 0.6 is 0 Å². The Balaban J connectivity index is 2.63. The number of nitrogens with two attached hydrogens (primary N) is 1. The first kappa shape index (κ1) is 11.0. The predicted molar refractivity (Wildman–Crippen MR) is 50.3 cm³/mol. The lowest BCUT2D eigenvalue weighted by atomic mass is 9.71. The van der Waals surface area contributed by atoms with Crippen LogP contribution in [0.4, 0.5) is 0 Å². The molecule has 80 valence electrons. The van der Waals surface area contributed by atoms with Gasteiger partial charge in [-0.2, -0.15) is 0 Å². The first-order chi connectivity index (χ1) is 6.56. The van der Waals surface area contributed by atoms with Crippen LogP contribution in [0.25, 0.3) is 0 Å². The second-order valence-electron chi connectivity index (χ2n) is 3.74. The van der Waals surface area contributed by atoms with Gasteiger partial charge < -0.3 is 15.8 Å². The zero-order valence-electron chi connectivity index (χ0n) is 8.50. The third-order valence-electron chi connectivity index (χ3n) is 2.77. The van der Waals surface area contributed by atoms with Crippen molar-refractivity contribution in [1.82, 2.24) is 5.32 Å². The van der Waals surface area contributed by atoms with Crippen molar-refractivity contribution in [3.8, 4) is 0 Å². The largest absolute Gasteiger partial charge is 0.467 e. The van der Waals surface area contributed by atoms with Crippen molar-refractivity contribution in [1.29, 1.82) is 0 Å². The monoisotopic (exact) mass is 200 g/mol. The van der Waals surface area contributed by atoms with E-state index in [2.05, 4.69) is 10.1 Å². The molecule has 1 rings (SSSR count). The van der Waals surface area contributed by atoms with Crippen LogP contribution in [0.3, 0.4) is 0 Å². The Kier molecular flexibility index (Phi) is 3.10. The SMILES string of the molecule is COC(=O)C1NC(=O)[C@@]1(C)CCCN. The number of amides is 1. The molecule has 1 aliphatic heterocycles. The maximum atomic E-state index is 11.3. The molecule has 1 aliphatic rings. The molecule has 1 fully saturated rings. The number of carbonyl (C=O) groups is 2. The fraction of sp³-hybridized carbons (Fsp3) is 0.778. The molecule has 0 spiro atoms. The van der Waals surface area contributed by atoms with E-state index in [1.807, 2.05) is 0 Å². The summed E-state index contributed by atoms with van der Waals surface area (Å²) in [4.78, 5) is 22.6. The number of hydrogen-bond donors (Lipinski definition) is 2. The third-order valence-corrected chi connectivity index (χ3v) is 2.77. The zero-order chi connectivity index (χ0) is 10.8. The summed E-state index contributed by atoms with van der Waals surface area (Å²) in [6.07, 6.45) is 1.35. The van der Waals surface area contributed by atoms with Crippen molar-refractivity contribution in [2.24, 2.45) is 11.1 Å². The van der Waals surface area contributed by atoms with Gasteiger partial charge in [0.25, 0.3) is 0 Å². The fourth-order valence-electron chi connectivity index (χ4n) is 1.67. The Hall–Kier alpha value is -1.10. The Morgan fingerprint density at radius 1 is 1.71 bits per heavy atom. The van der Waals surface area contributed by atoms with Crippen LogP contribution in [-0.4, -0.2) is 31.6 Å². The molecule has 1 amide bonds. The van der Waals surface area contributed by atoms with Gasteiger partial charge in [-0.1, -0.05) is 0 Å². The summed E-state index contributed by atoms with van der Waals surface area (Å²) >= 11 is 0. The molecule has 0 radical (unpaired) electrons. The van der Waals surface area contributed by atoms with Crippen molar-refractivity contribution in [3.05, 3.63) is 0 Å². The van der Waals surface area contributed by atoms with Gasteiger partial charge >= 0.3 is 5.97 Å². The molecular weight excluding hydrogens is 184 g/mol. The average molecular weight is 200 g/mol. The lowest BCUT2D eigenvalue weighted by molar-refractivity contribution is -0.163. The molecule has 0 aliphatic carbocycles. The highest BCUT2D eigenvalue weighted by molar-refractivity contribution is 6.00. The second kappa shape index (κ2) is 3.96. The molecule has 0 aromatic carbocycles. The number of methoxy groups -OCH3 is 1. The molecule has 5 nitrogen and oxygen atoms in total. The maximum Gasteiger partial charge on any atom is 0.329 e. The summed E-state index contributed by atoms with van der Waals surface area (Å²) in [6, 6.07) is -0.508. The molecule has 1 unspecified atom stereocenters. The Labute approximate surface area is 83.0 Å². The van der Waals surface area contributed by atoms with Crippen LogP contribution in [0.5, 0.6) is 0 Å². The Morgan fingerprint density at radius 2 is 2.36 bits per heavy atom. The summed E-state index contributed by atoms with van der Waals surface area (Å²) in [5.41, 5.74) is 4.73. The smallest absolute Gasteiger partial charge is 0.329 e. The van der Waals surface area contributed by atoms with Crippen molar-refractivity contribution < 1.29 is 14.3 Å². The van der Waals surface area contributed by atoms with Crippen LogP contribution in [-0.2, 0) is 14.3 Å². The van der Waals surface area contributed by atoms with Crippen molar-refractivity contribution in [2.45, 2.75) is 25.8 Å². The number of β-lactam (4-membered cyclic amide) rings is 1. The number of ether oxygens (including phenoxy) is 1. The van der Waals surface area contributed by atoms with E-state index < -0.39 is 11.5 Å². The number of nitrogens with one attached hydrogen (secondary N) is 1. The number of hydrogen-bond acceptors (Lipinski definition) is 4. The summed E-state index contributed by atoms with van der Waals surface area (Å²) in [5, 5.41) is 2.54. The van der Waals surface area contributed by atoms with Gasteiger partial charge in [-0.3, -0.25) is 4.79 Å². The summed E-state index contributed by atoms with van der Waals surface area (Å²) in [7, 11) is 1.32. The van der Waals surface area contributed by atoms with Crippen molar-refractivity contribution in [3.63, 3.8) is 0 Å². The standard InChI is InChI=1S/C9H16N2O3/c1-9(4-3-5-10)6(7(12)14-2)11-8(9)13/h6H,3-5,10H2,1-2H3,(H,11,13)/t6?,9-/m0/s1. The lowest BCUT2D eigenvalue weighted by Gasteiger charge is -2.44. The van der Waals surface area contributed by atoms with Gasteiger partial charge in [0.1, 0.15) is 6.04 Å². The van der Waals surface area contributed by atoms with Crippen LogP contribution < -0.4 is 11.1 Å². The Morgan fingerprint density at radius 3 is 2.79 bits per heavy atom. The summed E-state index contributed by atoms with van der Waals surface area (Å²) < 4.78 is 4.59. The molecule has 1 heterocycles. The fourth-order valence-corrected chi connectivity index (χ4v) is 1.67. The van der Waals surface area contributed by atoms with E-state index in [1.54, 1.807) is 6.92 Å². The molecule has 2 atom stereocenters. The lowest BCUT2D eigenvalue weighted by Crippen LogP contribution is -2.69. The van der Waals surface area contributed by atoms with E-state index in [1.165, 1.54) is 7.11 Å². The van der Waals surface area contributed by atoms with Crippen molar-refractivity contribution in [2.75, 3.05) is 13.7 Å². The van der Waals surface area contributed by atoms with Gasteiger partial charge in [-0.15, -0.1) is 0 Å². The van der Waals surface area contributed by atoms with Crippen LogP contribution in [0.2, 0.25) is 0 Å². The van der Waals surface area contributed by atoms with Gasteiger partial charge in [0.15, 0.2) is 0 Å². The third kappa shape index (κ3) is 1.59. The molecule has 1 saturated heterocycles. The minimum Gasteiger partial charge on any atom is -0.467 e. The molecule has 5 heteroatoms. The van der Waals surface area contributed by atoms with Crippen LogP contribution in [0, 0.1) is 5.41 Å². The zero-order valence-corrected chi connectivity index (χ0v) is 8.50. The van der Waals surface area contributed by atoms with E-state index in [4.69, 9.17) is 5.73 Å². The van der Waals surface area contributed by atoms with Gasteiger partial charge in [0.05, 0.1) is 12.5 Å². The highest BCUT2D eigenvalue weighted by atomic mass is 16.5. The van der Waals surface area contributed by atoms with E-state index in [-0.39, 0.29) is 11.9 Å². The minimum absolute atomic E-state index is 0.0960. The molecule has 0 aromatic heterocycles.